The van der Waals surface area contributed by atoms with Gasteiger partial charge in [0.1, 0.15) is 18.3 Å². The summed E-state index contributed by atoms with van der Waals surface area (Å²) in [6.45, 7) is 0.0462. The Kier molecular flexibility index (Phi) is 4.64. The van der Waals surface area contributed by atoms with Crippen LogP contribution in [0.25, 0.3) is 0 Å². The number of carbonyl (C=O) groups is 1. The van der Waals surface area contributed by atoms with Gasteiger partial charge in [-0.2, -0.15) is 8.42 Å². The van der Waals surface area contributed by atoms with Crippen molar-refractivity contribution in [3.63, 3.8) is 0 Å². The third kappa shape index (κ3) is 3.27. The Balaban J connectivity index is 3.09. The number of ketones is 1. The van der Waals surface area contributed by atoms with Gasteiger partial charge in [-0.3, -0.25) is 9.35 Å². The van der Waals surface area contributed by atoms with Gasteiger partial charge in [0.15, 0.2) is 5.78 Å². The van der Waals surface area contributed by atoms with Crippen LogP contribution in [-0.2, 0) is 24.1 Å². The molecular formula is C8H15NO9S. The number of aliphatic hydroxyl groups is 3. The van der Waals surface area contributed by atoms with Crippen LogP contribution in [0, 0.1) is 0 Å². The molecule has 5 atom stereocenters. The van der Waals surface area contributed by atoms with E-state index in [1.807, 2.05) is 0 Å². The van der Waals surface area contributed by atoms with Crippen molar-refractivity contribution in [1.29, 1.82) is 0 Å². The molecule has 0 spiro atoms. The molecule has 0 aromatic carbocycles. The molecule has 19 heavy (non-hydrogen) atoms. The van der Waals surface area contributed by atoms with Crippen LogP contribution >= 0.6 is 0 Å². The summed E-state index contributed by atoms with van der Waals surface area (Å²) in [6, 6.07) is -1.72. The summed E-state index contributed by atoms with van der Waals surface area (Å²) in [4.78, 5) is 11.3. The Bertz CT molecular complexity index is 449. The zero-order valence-electron chi connectivity index (χ0n) is 9.83. The van der Waals surface area contributed by atoms with Crippen LogP contribution in [0.5, 0.6) is 0 Å². The minimum absolute atomic E-state index is 0.889. The molecule has 0 aromatic rings. The number of Topliss-reactive ketones (excluding diaryl/α,β-unsaturated/α-hetero) is 1. The van der Waals surface area contributed by atoms with Crippen molar-refractivity contribution in [1.82, 2.24) is 0 Å². The predicted octanol–water partition coefficient (Wildman–Crippen LogP) is -3.47. The maximum absolute atomic E-state index is 11.3. The minimum atomic E-state index is -4.95. The first kappa shape index (κ1) is 16.4. The van der Waals surface area contributed by atoms with Gasteiger partial charge < -0.3 is 25.8 Å². The van der Waals surface area contributed by atoms with Crippen molar-refractivity contribution >= 4 is 16.2 Å². The summed E-state index contributed by atoms with van der Waals surface area (Å²) in [5.74, 6) is -3.53. The summed E-state index contributed by atoms with van der Waals surface area (Å²) in [6.07, 6.45) is -5.22. The highest BCUT2D eigenvalue weighted by molar-refractivity contribution is 7.80. The molecule has 1 heterocycles. The molecule has 1 fully saturated rings. The first-order valence-corrected chi connectivity index (χ1v) is 6.51. The standard InChI is InChI=1S/C8H15NO9S/c1-3(11)8(13)7(9)5(12)6(4(2-10)17-8)18-19(14,15)16/h4-7,10,12-13H,2,9H2,1H3,(H,14,15,16)/t4-,5+,6+,7-,8?/m1/s1. The Labute approximate surface area is 108 Å². The van der Waals surface area contributed by atoms with Crippen molar-refractivity contribution in [3.05, 3.63) is 0 Å². The Morgan fingerprint density at radius 1 is 1.53 bits per heavy atom. The molecular weight excluding hydrogens is 286 g/mol. The third-order valence-corrected chi connectivity index (χ3v) is 3.24. The van der Waals surface area contributed by atoms with Gasteiger partial charge in [-0.1, -0.05) is 0 Å². The SMILES string of the molecule is CC(=O)C1(O)O[C@H](CO)[C@H](OS(=O)(=O)O)[C@H](O)[C@H]1N. The van der Waals surface area contributed by atoms with Crippen LogP contribution in [0.15, 0.2) is 0 Å². The van der Waals surface area contributed by atoms with E-state index in [1.165, 1.54) is 0 Å². The highest BCUT2D eigenvalue weighted by atomic mass is 32.3. The molecule has 0 radical (unpaired) electrons. The van der Waals surface area contributed by atoms with Crippen LogP contribution < -0.4 is 5.73 Å². The van der Waals surface area contributed by atoms with Crippen molar-refractivity contribution in [2.45, 2.75) is 37.1 Å². The van der Waals surface area contributed by atoms with Crippen molar-refractivity contribution in [2.75, 3.05) is 6.61 Å². The zero-order valence-corrected chi connectivity index (χ0v) is 10.6. The molecule has 112 valence electrons. The highest BCUT2D eigenvalue weighted by Crippen LogP contribution is 2.29. The smallest absolute Gasteiger partial charge is 0.394 e. The number of nitrogens with two attached hydrogens (primary N) is 1. The molecule has 10 nitrogen and oxygen atoms in total. The fourth-order valence-corrected chi connectivity index (χ4v) is 2.27. The number of ether oxygens (including phenoxy) is 1. The Morgan fingerprint density at radius 3 is 2.42 bits per heavy atom. The molecule has 1 aliphatic rings. The Hall–Kier alpha value is -0.660. The molecule has 1 rings (SSSR count). The number of hydrogen-bond donors (Lipinski definition) is 5. The number of carbonyl (C=O) groups excluding carboxylic acids is 1. The largest absolute Gasteiger partial charge is 0.397 e. The molecule has 0 amide bonds. The summed E-state index contributed by atoms with van der Waals surface area (Å²) < 4.78 is 38.7. The van der Waals surface area contributed by atoms with E-state index in [4.69, 9.17) is 20.1 Å². The second-order valence-electron chi connectivity index (χ2n) is 4.10. The van der Waals surface area contributed by atoms with Gasteiger partial charge in [0, 0.05) is 6.92 Å². The number of aliphatic hydroxyl groups excluding tert-OH is 2. The lowest BCUT2D eigenvalue weighted by Gasteiger charge is -2.45. The van der Waals surface area contributed by atoms with Gasteiger partial charge in [0.05, 0.1) is 12.6 Å². The fourth-order valence-electron chi connectivity index (χ4n) is 1.75. The number of hydrogen-bond acceptors (Lipinski definition) is 9. The first-order valence-electron chi connectivity index (χ1n) is 5.14. The van der Waals surface area contributed by atoms with Crippen LogP contribution in [0.2, 0.25) is 0 Å². The Morgan fingerprint density at radius 2 is 2.05 bits per heavy atom. The third-order valence-electron chi connectivity index (χ3n) is 2.77. The van der Waals surface area contributed by atoms with E-state index in [2.05, 4.69) is 4.18 Å². The maximum Gasteiger partial charge on any atom is 0.397 e. The minimum Gasteiger partial charge on any atom is -0.394 e. The van der Waals surface area contributed by atoms with E-state index < -0.39 is 52.9 Å². The van der Waals surface area contributed by atoms with Crippen LogP contribution in [0.4, 0.5) is 0 Å². The van der Waals surface area contributed by atoms with E-state index in [0.717, 1.165) is 6.92 Å². The second-order valence-corrected chi connectivity index (χ2v) is 5.14. The fraction of sp³-hybridized carbons (Fsp3) is 0.875. The molecule has 1 saturated heterocycles. The van der Waals surface area contributed by atoms with Gasteiger partial charge in [0.2, 0.25) is 5.79 Å². The quantitative estimate of drug-likeness (QED) is 0.328. The predicted molar refractivity (Wildman–Crippen MR) is 58.0 cm³/mol. The van der Waals surface area contributed by atoms with E-state index in [1.54, 1.807) is 0 Å². The van der Waals surface area contributed by atoms with E-state index in [-0.39, 0.29) is 0 Å². The second kappa shape index (κ2) is 5.38. The average Bonchev–Trinajstić information content (AvgIpc) is 2.28. The molecule has 11 heteroatoms. The monoisotopic (exact) mass is 301 g/mol. The van der Waals surface area contributed by atoms with Crippen molar-refractivity contribution in [3.8, 4) is 0 Å². The van der Waals surface area contributed by atoms with Crippen LogP contribution in [-0.4, -0.2) is 70.8 Å². The summed E-state index contributed by atoms with van der Waals surface area (Å²) in [7, 11) is -4.95. The molecule has 0 bridgehead atoms. The van der Waals surface area contributed by atoms with Gasteiger partial charge >= 0.3 is 10.4 Å². The maximum atomic E-state index is 11.3. The highest BCUT2D eigenvalue weighted by Gasteiger charge is 2.56. The summed E-state index contributed by atoms with van der Waals surface area (Å²) >= 11 is 0. The van der Waals surface area contributed by atoms with Gasteiger partial charge in [-0.05, 0) is 0 Å². The normalized spacial score (nSPS) is 40.1. The molecule has 0 aromatic heterocycles. The molecule has 6 N–H and O–H groups in total. The molecule has 1 aliphatic heterocycles. The van der Waals surface area contributed by atoms with Crippen molar-refractivity contribution < 1.29 is 42.0 Å². The van der Waals surface area contributed by atoms with E-state index in [9.17, 15) is 23.4 Å². The van der Waals surface area contributed by atoms with Gasteiger partial charge in [-0.15, -0.1) is 0 Å². The summed E-state index contributed by atoms with van der Waals surface area (Å²) in [5, 5.41) is 28.6. The zero-order chi connectivity index (χ0) is 15.0. The lowest BCUT2D eigenvalue weighted by atomic mass is 9.89. The van der Waals surface area contributed by atoms with Gasteiger partial charge in [0.25, 0.3) is 0 Å². The topological polar surface area (TPSA) is 177 Å². The van der Waals surface area contributed by atoms with Crippen molar-refractivity contribution in [2.24, 2.45) is 5.73 Å². The molecule has 0 aliphatic carbocycles. The number of rotatable bonds is 4. The molecule has 1 unspecified atom stereocenters. The lowest BCUT2D eigenvalue weighted by molar-refractivity contribution is -0.293. The average molecular weight is 301 g/mol. The van der Waals surface area contributed by atoms with E-state index in [0.29, 0.717) is 0 Å². The van der Waals surface area contributed by atoms with Gasteiger partial charge in [-0.25, -0.2) is 4.18 Å². The molecule has 0 saturated carbocycles. The van der Waals surface area contributed by atoms with Crippen LogP contribution in [0.1, 0.15) is 6.92 Å². The first-order chi connectivity index (χ1) is 8.53. The van der Waals surface area contributed by atoms with Crippen LogP contribution in [0.3, 0.4) is 0 Å². The lowest BCUT2D eigenvalue weighted by Crippen LogP contribution is -2.71. The van der Waals surface area contributed by atoms with E-state index >= 15 is 0 Å². The summed E-state index contributed by atoms with van der Waals surface area (Å²) in [5.41, 5.74) is 5.40.